The summed E-state index contributed by atoms with van der Waals surface area (Å²) in [7, 11) is -0.852. The molecule has 0 unspecified atom stereocenters. The van der Waals surface area contributed by atoms with Gasteiger partial charge in [0.05, 0.1) is 24.8 Å². The first-order valence-electron chi connectivity index (χ1n) is 8.08. The lowest BCUT2D eigenvalue weighted by Gasteiger charge is -2.12. The van der Waals surface area contributed by atoms with Gasteiger partial charge in [0.2, 0.25) is 0 Å². The molecule has 3 aromatic rings. The van der Waals surface area contributed by atoms with Crippen LogP contribution in [0, 0.1) is 6.92 Å². The number of hydrogen-bond acceptors (Lipinski definition) is 6. The molecular formula is C19H19N3O4S. The van der Waals surface area contributed by atoms with Crippen LogP contribution in [-0.4, -0.2) is 32.6 Å². The lowest BCUT2D eigenvalue weighted by molar-refractivity contribution is 0.354. The van der Waals surface area contributed by atoms with Gasteiger partial charge in [-0.05, 0) is 37.3 Å². The number of nitrogens with zero attached hydrogens (tertiary/aromatic N) is 2. The largest absolute Gasteiger partial charge is 0.493 e. The van der Waals surface area contributed by atoms with E-state index in [1.165, 1.54) is 26.4 Å². The molecule has 7 nitrogen and oxygen atoms in total. The normalized spacial score (nSPS) is 11.1. The van der Waals surface area contributed by atoms with Crippen molar-refractivity contribution in [1.82, 2.24) is 9.97 Å². The van der Waals surface area contributed by atoms with Crippen LogP contribution in [0.25, 0.3) is 11.3 Å². The van der Waals surface area contributed by atoms with Crippen molar-refractivity contribution >= 4 is 15.7 Å². The zero-order chi connectivity index (χ0) is 19.4. The maximum Gasteiger partial charge on any atom is 0.262 e. The van der Waals surface area contributed by atoms with Crippen molar-refractivity contribution in [3.63, 3.8) is 0 Å². The van der Waals surface area contributed by atoms with Gasteiger partial charge in [0, 0.05) is 23.5 Å². The Bertz CT molecular complexity index is 1070. The van der Waals surface area contributed by atoms with Gasteiger partial charge in [0.15, 0.2) is 11.5 Å². The van der Waals surface area contributed by atoms with E-state index in [1.54, 1.807) is 43.5 Å². The molecule has 0 saturated carbocycles. The third-order valence-corrected chi connectivity index (χ3v) is 5.23. The van der Waals surface area contributed by atoms with E-state index in [9.17, 15) is 8.42 Å². The van der Waals surface area contributed by atoms with Crippen molar-refractivity contribution < 1.29 is 17.9 Å². The highest BCUT2D eigenvalue weighted by Gasteiger charge is 2.17. The predicted octanol–water partition coefficient (Wildman–Crippen LogP) is 3.27. The molecule has 1 aromatic heterocycles. The highest BCUT2D eigenvalue weighted by molar-refractivity contribution is 7.92. The maximum atomic E-state index is 12.7. The number of ether oxygens (including phenoxy) is 2. The number of methoxy groups -OCH3 is 2. The summed E-state index contributed by atoms with van der Waals surface area (Å²) >= 11 is 0. The highest BCUT2D eigenvalue weighted by atomic mass is 32.2. The van der Waals surface area contributed by atoms with Crippen molar-refractivity contribution in [1.29, 1.82) is 0 Å². The average Bonchev–Trinajstić information content (AvgIpc) is 2.67. The second kappa shape index (κ2) is 7.63. The van der Waals surface area contributed by atoms with E-state index in [0.717, 1.165) is 11.3 Å². The fourth-order valence-electron chi connectivity index (χ4n) is 2.56. The molecule has 140 valence electrons. The fraction of sp³-hybridized carbons (Fsp3) is 0.158. The average molecular weight is 385 g/mol. The van der Waals surface area contributed by atoms with Crippen molar-refractivity contribution in [3.8, 4) is 22.8 Å². The molecule has 1 heterocycles. The Kier molecular flexibility index (Phi) is 5.27. The maximum absolute atomic E-state index is 12.7. The summed E-state index contributed by atoms with van der Waals surface area (Å²) in [4.78, 5) is 8.51. The van der Waals surface area contributed by atoms with Gasteiger partial charge in [-0.15, -0.1) is 0 Å². The third kappa shape index (κ3) is 4.17. The molecule has 0 saturated heterocycles. The summed E-state index contributed by atoms with van der Waals surface area (Å²) in [6, 6.07) is 13.2. The van der Waals surface area contributed by atoms with E-state index in [0.29, 0.717) is 23.0 Å². The van der Waals surface area contributed by atoms with Crippen LogP contribution in [0.4, 0.5) is 5.69 Å². The van der Waals surface area contributed by atoms with E-state index in [-0.39, 0.29) is 4.90 Å². The standard InChI is InChI=1S/C19H19N3O4S/c1-13-20-10-9-17(21-13)14-5-4-6-15(11-14)22-27(23,24)16-7-8-18(25-2)19(12-16)26-3/h4-12,22H,1-3H3. The Morgan fingerprint density at radius 1 is 0.963 bits per heavy atom. The van der Waals surface area contributed by atoms with Gasteiger partial charge in [-0.2, -0.15) is 0 Å². The molecule has 2 aromatic carbocycles. The Labute approximate surface area is 158 Å². The van der Waals surface area contributed by atoms with Crippen LogP contribution < -0.4 is 14.2 Å². The minimum absolute atomic E-state index is 0.0726. The summed E-state index contributed by atoms with van der Waals surface area (Å²) in [5.74, 6) is 1.44. The summed E-state index contributed by atoms with van der Waals surface area (Å²) in [5.41, 5.74) is 1.93. The van der Waals surface area contributed by atoms with Crippen LogP contribution in [0.1, 0.15) is 5.82 Å². The van der Waals surface area contributed by atoms with Gasteiger partial charge >= 0.3 is 0 Å². The van der Waals surface area contributed by atoms with Crippen LogP contribution >= 0.6 is 0 Å². The highest BCUT2D eigenvalue weighted by Crippen LogP contribution is 2.30. The van der Waals surface area contributed by atoms with Gasteiger partial charge in [-0.25, -0.2) is 18.4 Å². The molecule has 0 aliphatic rings. The van der Waals surface area contributed by atoms with Gasteiger partial charge < -0.3 is 9.47 Å². The van der Waals surface area contributed by atoms with Crippen LogP contribution in [0.3, 0.4) is 0 Å². The SMILES string of the molecule is COc1ccc(S(=O)(=O)Nc2cccc(-c3ccnc(C)n3)c2)cc1OC. The Morgan fingerprint density at radius 3 is 2.44 bits per heavy atom. The van der Waals surface area contributed by atoms with Gasteiger partial charge in [-0.3, -0.25) is 4.72 Å². The van der Waals surface area contributed by atoms with Crippen molar-refractivity contribution in [2.24, 2.45) is 0 Å². The van der Waals surface area contributed by atoms with Crippen LogP contribution in [0.15, 0.2) is 59.6 Å². The van der Waals surface area contributed by atoms with E-state index in [4.69, 9.17) is 9.47 Å². The van der Waals surface area contributed by atoms with Crippen LogP contribution in [0.2, 0.25) is 0 Å². The molecule has 3 rings (SSSR count). The predicted molar refractivity (Wildman–Crippen MR) is 103 cm³/mol. The van der Waals surface area contributed by atoms with Crippen LogP contribution in [-0.2, 0) is 10.0 Å². The quantitative estimate of drug-likeness (QED) is 0.700. The monoisotopic (exact) mass is 385 g/mol. The number of aryl methyl sites for hydroxylation is 1. The molecule has 0 bridgehead atoms. The van der Waals surface area contributed by atoms with Gasteiger partial charge in [-0.1, -0.05) is 12.1 Å². The number of hydrogen-bond donors (Lipinski definition) is 1. The number of nitrogens with one attached hydrogen (secondary N) is 1. The lowest BCUT2D eigenvalue weighted by Crippen LogP contribution is -2.13. The first-order chi connectivity index (χ1) is 12.9. The Hall–Kier alpha value is -3.13. The number of sulfonamides is 1. The zero-order valence-corrected chi connectivity index (χ0v) is 15.9. The summed E-state index contributed by atoms with van der Waals surface area (Å²) in [5, 5.41) is 0. The molecule has 1 N–H and O–H groups in total. The van der Waals surface area contributed by atoms with Gasteiger partial charge in [0.1, 0.15) is 5.82 Å². The van der Waals surface area contributed by atoms with E-state index >= 15 is 0 Å². The fourth-order valence-corrected chi connectivity index (χ4v) is 3.62. The summed E-state index contributed by atoms with van der Waals surface area (Å²) in [6.45, 7) is 1.80. The molecule has 0 amide bonds. The minimum atomic E-state index is -3.80. The van der Waals surface area contributed by atoms with E-state index in [2.05, 4.69) is 14.7 Å². The molecule has 0 atom stereocenters. The number of anilines is 1. The van der Waals surface area contributed by atoms with Crippen molar-refractivity contribution in [3.05, 3.63) is 60.6 Å². The molecular weight excluding hydrogens is 366 g/mol. The molecule has 27 heavy (non-hydrogen) atoms. The first kappa shape index (κ1) is 18.7. The minimum Gasteiger partial charge on any atom is -0.493 e. The zero-order valence-electron chi connectivity index (χ0n) is 15.1. The molecule has 8 heteroatoms. The molecule has 0 fully saturated rings. The number of aromatic nitrogens is 2. The topological polar surface area (TPSA) is 90.4 Å². The number of rotatable bonds is 6. The van der Waals surface area contributed by atoms with Gasteiger partial charge in [0.25, 0.3) is 10.0 Å². The smallest absolute Gasteiger partial charge is 0.262 e. The lowest BCUT2D eigenvalue weighted by atomic mass is 10.1. The third-order valence-electron chi connectivity index (χ3n) is 3.85. The molecule has 0 aliphatic carbocycles. The van der Waals surface area contributed by atoms with Crippen molar-refractivity contribution in [2.45, 2.75) is 11.8 Å². The second-order valence-electron chi connectivity index (χ2n) is 5.69. The second-order valence-corrected chi connectivity index (χ2v) is 7.37. The van der Waals surface area contributed by atoms with Crippen molar-refractivity contribution in [2.75, 3.05) is 18.9 Å². The molecule has 0 radical (unpaired) electrons. The molecule has 0 spiro atoms. The first-order valence-corrected chi connectivity index (χ1v) is 9.56. The van der Waals surface area contributed by atoms with E-state index < -0.39 is 10.0 Å². The van der Waals surface area contributed by atoms with Crippen LogP contribution in [0.5, 0.6) is 11.5 Å². The summed E-state index contributed by atoms with van der Waals surface area (Å²) in [6.07, 6.45) is 1.66. The van der Waals surface area contributed by atoms with E-state index in [1.807, 2.05) is 6.07 Å². The Morgan fingerprint density at radius 2 is 1.74 bits per heavy atom. The summed E-state index contributed by atoms with van der Waals surface area (Å²) < 4.78 is 38.4. The molecule has 0 aliphatic heterocycles. The Balaban J connectivity index is 1.91. The number of benzene rings is 2.